The van der Waals surface area contributed by atoms with Gasteiger partial charge in [-0.3, -0.25) is 4.90 Å². The van der Waals surface area contributed by atoms with Crippen LogP contribution in [0.4, 0.5) is 5.82 Å². The average Bonchev–Trinajstić information content (AvgIpc) is 2.31. The number of nitrogens with two attached hydrogens (primary N) is 1. The van der Waals surface area contributed by atoms with Gasteiger partial charge in [0.2, 0.25) is 0 Å². The van der Waals surface area contributed by atoms with Crippen LogP contribution in [0.2, 0.25) is 0 Å². The number of rotatable bonds is 4. The molecule has 1 aromatic heterocycles. The normalized spacial score (nSPS) is 18.4. The lowest BCUT2D eigenvalue weighted by Gasteiger charge is -2.35. The second kappa shape index (κ2) is 6.16. The minimum atomic E-state index is 0.617. The Labute approximate surface area is 110 Å². The molecule has 100 valence electrons. The summed E-state index contributed by atoms with van der Waals surface area (Å²) in [4.78, 5) is 9.08. The predicted molar refractivity (Wildman–Crippen MR) is 75.2 cm³/mol. The van der Waals surface area contributed by atoms with Gasteiger partial charge in [-0.2, -0.15) is 0 Å². The molecular weight excluding hydrogens is 224 g/mol. The largest absolute Gasteiger partial charge is 0.384 e. The fraction of sp³-hybridized carbons (Fsp3) is 0.643. The maximum absolute atomic E-state index is 5.70. The van der Waals surface area contributed by atoms with Gasteiger partial charge in [0.25, 0.3) is 0 Å². The molecule has 1 aliphatic rings. The van der Waals surface area contributed by atoms with E-state index >= 15 is 0 Å². The molecular formula is C14H24N4. The van der Waals surface area contributed by atoms with E-state index in [0.717, 1.165) is 25.6 Å². The highest BCUT2D eigenvalue weighted by atomic mass is 15.3. The summed E-state index contributed by atoms with van der Waals surface area (Å²) in [7, 11) is 0. The van der Waals surface area contributed by atoms with E-state index in [1.807, 2.05) is 6.07 Å². The maximum atomic E-state index is 5.70. The van der Waals surface area contributed by atoms with Gasteiger partial charge in [-0.05, 0) is 23.6 Å². The van der Waals surface area contributed by atoms with Crippen molar-refractivity contribution in [2.75, 3.05) is 38.5 Å². The Hall–Kier alpha value is -1.13. The second-order valence-corrected chi connectivity index (χ2v) is 5.56. The molecule has 2 heterocycles. The van der Waals surface area contributed by atoms with E-state index in [2.05, 4.69) is 34.7 Å². The second-order valence-electron chi connectivity index (χ2n) is 5.56. The molecule has 1 saturated heterocycles. The summed E-state index contributed by atoms with van der Waals surface area (Å²) in [5, 5.41) is 0. The van der Waals surface area contributed by atoms with E-state index in [9.17, 15) is 0 Å². The van der Waals surface area contributed by atoms with Crippen molar-refractivity contribution in [1.29, 1.82) is 0 Å². The van der Waals surface area contributed by atoms with Crippen LogP contribution in [0.1, 0.15) is 19.4 Å². The molecule has 0 saturated carbocycles. The predicted octanol–water partition coefficient (Wildman–Crippen LogP) is 1.44. The molecule has 0 spiro atoms. The summed E-state index contributed by atoms with van der Waals surface area (Å²) in [5.41, 5.74) is 6.97. The third kappa shape index (κ3) is 3.96. The third-order valence-electron chi connectivity index (χ3n) is 3.34. The summed E-state index contributed by atoms with van der Waals surface area (Å²) in [6, 6.07) is 4.03. The summed E-state index contributed by atoms with van der Waals surface area (Å²) in [5.74, 6) is 1.38. The van der Waals surface area contributed by atoms with Crippen molar-refractivity contribution >= 4 is 5.82 Å². The topological polar surface area (TPSA) is 45.4 Å². The molecule has 0 aromatic carbocycles. The zero-order valence-electron chi connectivity index (χ0n) is 11.5. The Morgan fingerprint density at radius 2 is 1.89 bits per heavy atom. The summed E-state index contributed by atoms with van der Waals surface area (Å²) in [6.45, 7) is 11.4. The van der Waals surface area contributed by atoms with Gasteiger partial charge >= 0.3 is 0 Å². The van der Waals surface area contributed by atoms with E-state index in [4.69, 9.17) is 5.73 Å². The molecule has 4 nitrogen and oxygen atoms in total. The highest BCUT2D eigenvalue weighted by Gasteiger charge is 2.17. The van der Waals surface area contributed by atoms with Gasteiger partial charge in [0.05, 0.1) is 0 Å². The van der Waals surface area contributed by atoms with Crippen LogP contribution >= 0.6 is 0 Å². The van der Waals surface area contributed by atoms with Gasteiger partial charge in [0, 0.05) is 45.5 Å². The minimum Gasteiger partial charge on any atom is -0.384 e. The average molecular weight is 248 g/mol. The van der Waals surface area contributed by atoms with Crippen molar-refractivity contribution in [3.8, 4) is 0 Å². The van der Waals surface area contributed by atoms with E-state index < -0.39 is 0 Å². The molecule has 0 amide bonds. The van der Waals surface area contributed by atoms with Gasteiger partial charge < -0.3 is 10.6 Å². The van der Waals surface area contributed by atoms with Crippen LogP contribution in [-0.2, 0) is 6.54 Å². The molecule has 2 rings (SSSR count). The maximum Gasteiger partial charge on any atom is 0.123 e. The number of nitrogens with zero attached hydrogens (tertiary/aromatic N) is 3. The molecule has 0 aliphatic carbocycles. The number of hydrogen-bond acceptors (Lipinski definition) is 4. The number of pyridine rings is 1. The Balaban J connectivity index is 1.80. The first kappa shape index (κ1) is 13.3. The molecule has 2 N–H and O–H groups in total. The molecule has 0 atom stereocenters. The summed E-state index contributed by atoms with van der Waals surface area (Å²) in [6.07, 6.45) is 1.79. The SMILES string of the molecule is CC(C)CN1CCN(Cc2ccnc(N)c2)CC1. The van der Waals surface area contributed by atoms with E-state index in [0.29, 0.717) is 5.82 Å². The number of piperazine rings is 1. The lowest BCUT2D eigenvalue weighted by molar-refractivity contribution is 0.117. The minimum absolute atomic E-state index is 0.617. The Morgan fingerprint density at radius 3 is 2.50 bits per heavy atom. The smallest absolute Gasteiger partial charge is 0.123 e. The number of aromatic nitrogens is 1. The van der Waals surface area contributed by atoms with Crippen molar-refractivity contribution in [2.45, 2.75) is 20.4 Å². The Morgan fingerprint density at radius 1 is 1.22 bits per heavy atom. The van der Waals surface area contributed by atoms with Gasteiger partial charge in [-0.25, -0.2) is 4.98 Å². The fourth-order valence-corrected chi connectivity index (χ4v) is 2.50. The fourth-order valence-electron chi connectivity index (χ4n) is 2.50. The first-order chi connectivity index (χ1) is 8.63. The number of hydrogen-bond donors (Lipinski definition) is 1. The highest BCUT2D eigenvalue weighted by molar-refractivity contribution is 5.31. The van der Waals surface area contributed by atoms with E-state index in [1.165, 1.54) is 25.2 Å². The quantitative estimate of drug-likeness (QED) is 0.876. The lowest BCUT2D eigenvalue weighted by atomic mass is 10.2. The van der Waals surface area contributed by atoms with Gasteiger partial charge in [0.15, 0.2) is 0 Å². The zero-order valence-corrected chi connectivity index (χ0v) is 11.5. The van der Waals surface area contributed by atoms with Crippen LogP contribution in [0.5, 0.6) is 0 Å². The van der Waals surface area contributed by atoms with Crippen LogP contribution in [0, 0.1) is 5.92 Å². The molecule has 0 bridgehead atoms. The number of nitrogen functional groups attached to an aromatic ring is 1. The molecule has 18 heavy (non-hydrogen) atoms. The lowest BCUT2D eigenvalue weighted by Crippen LogP contribution is -2.46. The van der Waals surface area contributed by atoms with Crippen LogP contribution in [-0.4, -0.2) is 47.5 Å². The van der Waals surface area contributed by atoms with Crippen molar-refractivity contribution in [1.82, 2.24) is 14.8 Å². The van der Waals surface area contributed by atoms with Crippen LogP contribution in [0.25, 0.3) is 0 Å². The summed E-state index contributed by atoms with van der Waals surface area (Å²) >= 11 is 0. The standard InChI is InChI=1S/C14H24N4/c1-12(2)10-17-5-7-18(8-6-17)11-13-3-4-16-14(15)9-13/h3-4,9,12H,5-8,10-11H2,1-2H3,(H2,15,16). The monoisotopic (exact) mass is 248 g/mol. The van der Waals surface area contributed by atoms with E-state index in [-0.39, 0.29) is 0 Å². The Bertz CT molecular complexity index is 370. The van der Waals surface area contributed by atoms with Crippen molar-refractivity contribution < 1.29 is 0 Å². The molecule has 0 radical (unpaired) electrons. The van der Waals surface area contributed by atoms with Gasteiger partial charge in [0.1, 0.15) is 5.82 Å². The molecule has 1 fully saturated rings. The summed E-state index contributed by atoms with van der Waals surface area (Å²) < 4.78 is 0. The first-order valence-corrected chi connectivity index (χ1v) is 6.78. The van der Waals surface area contributed by atoms with Crippen LogP contribution in [0.3, 0.4) is 0 Å². The van der Waals surface area contributed by atoms with Crippen LogP contribution in [0.15, 0.2) is 18.3 Å². The Kier molecular flexibility index (Phi) is 4.55. The van der Waals surface area contributed by atoms with Crippen LogP contribution < -0.4 is 5.73 Å². The molecule has 1 aliphatic heterocycles. The first-order valence-electron chi connectivity index (χ1n) is 6.78. The van der Waals surface area contributed by atoms with E-state index in [1.54, 1.807) is 6.20 Å². The molecule has 1 aromatic rings. The third-order valence-corrected chi connectivity index (χ3v) is 3.34. The van der Waals surface area contributed by atoms with Crippen molar-refractivity contribution in [3.05, 3.63) is 23.9 Å². The van der Waals surface area contributed by atoms with Crippen molar-refractivity contribution in [2.24, 2.45) is 5.92 Å². The van der Waals surface area contributed by atoms with Crippen molar-refractivity contribution in [3.63, 3.8) is 0 Å². The molecule has 4 heteroatoms. The zero-order chi connectivity index (χ0) is 13.0. The highest BCUT2D eigenvalue weighted by Crippen LogP contribution is 2.10. The number of anilines is 1. The van der Waals surface area contributed by atoms with Gasteiger partial charge in [-0.1, -0.05) is 13.8 Å². The molecule has 0 unspecified atom stereocenters. The van der Waals surface area contributed by atoms with Gasteiger partial charge in [-0.15, -0.1) is 0 Å².